The fourth-order valence-corrected chi connectivity index (χ4v) is 0.875. The maximum absolute atomic E-state index is 5.96. The van der Waals surface area contributed by atoms with Crippen LogP contribution >= 0.6 is 0 Å². The first kappa shape index (κ1) is 4.77. The number of hydrogen-bond donors (Lipinski definition) is 1. The summed E-state index contributed by atoms with van der Waals surface area (Å²) in [6.07, 6.45) is 2.83. The van der Waals surface area contributed by atoms with Crippen molar-refractivity contribution in [3.63, 3.8) is 0 Å². The highest BCUT2D eigenvalue weighted by Crippen LogP contribution is 2.01. The minimum atomic E-state index is 1.32. The third-order valence-electron chi connectivity index (χ3n) is 1.33. The summed E-state index contributed by atoms with van der Waals surface area (Å²) in [7, 11) is 3.72. The minimum absolute atomic E-state index is 1.32. The Morgan fingerprint density at radius 3 is 2.25 bits per heavy atom. The molecule has 1 fully saturated rings. The number of rotatable bonds is 0. The number of hydrogen-bond acceptors (Lipinski definition) is 2. The van der Waals surface area contributed by atoms with E-state index in [1.165, 1.54) is 25.9 Å². The largest absolute Gasteiger partial charge is 0.333 e. The second-order valence-corrected chi connectivity index (χ2v) is 2.01. The van der Waals surface area contributed by atoms with Crippen molar-refractivity contribution in [2.24, 2.45) is 5.73 Å². The molecule has 0 aromatic rings. The quantitative estimate of drug-likeness (QED) is 0.510. The lowest BCUT2D eigenvalue weighted by Crippen LogP contribution is -2.10. The Bertz CT molecular complexity index is 57.8. The lowest BCUT2D eigenvalue weighted by atomic mass is 10.4. The maximum Gasteiger partial charge on any atom is 0.118 e. The molecule has 0 aliphatic carbocycles. The normalized spacial score (nSPS) is 22.5. The molecule has 1 aliphatic rings. The lowest BCUT2D eigenvalue weighted by molar-refractivity contribution is 0.418. The highest BCUT2D eigenvalue weighted by molar-refractivity contribution is 4.59. The average molecular weight is 124 g/mol. The molecule has 0 saturated carbocycles. The Kier molecular flexibility index (Phi) is 3.02. The van der Waals surface area contributed by atoms with E-state index in [2.05, 4.69) is 11.9 Å². The Balaban J connectivity index is 0. The molecule has 0 radical (unpaired) electrons. The van der Waals surface area contributed by atoms with Crippen LogP contribution in [0.25, 0.3) is 0 Å². The Morgan fingerprint density at radius 2 is 2.12 bits per heavy atom. The van der Waals surface area contributed by atoms with Gasteiger partial charge in [-0.15, -0.1) is 0 Å². The number of nitrogens with two attached hydrogens (primary N) is 1. The van der Waals surface area contributed by atoms with Crippen molar-refractivity contribution in [2.45, 2.75) is 12.8 Å². The molecule has 1 aliphatic heterocycles. The van der Waals surface area contributed by atoms with Crippen LogP contribution in [0.15, 0.2) is 0 Å². The van der Waals surface area contributed by atoms with Gasteiger partial charge in [0.25, 0.3) is 0 Å². The molecule has 0 unspecified atom stereocenters. The molecule has 8 heavy (non-hydrogen) atoms. The van der Waals surface area contributed by atoms with Gasteiger partial charge in [0.15, 0.2) is 0 Å². The van der Waals surface area contributed by atoms with Gasteiger partial charge in [-0.1, -0.05) is 0 Å². The van der Waals surface area contributed by atoms with Crippen LogP contribution in [-0.4, -0.2) is 32.1 Å². The molecule has 1 saturated heterocycles. The van der Waals surface area contributed by atoms with Gasteiger partial charge in [0, 0.05) is 2.97 Å². The molecule has 2 N–H and O–H groups in total. The zero-order chi connectivity index (χ0) is 9.11. The summed E-state index contributed by atoms with van der Waals surface area (Å²) in [5.74, 6) is 0. The van der Waals surface area contributed by atoms with Gasteiger partial charge in [0.2, 0.25) is 0 Å². The van der Waals surface area contributed by atoms with Crippen molar-refractivity contribution in [1.82, 2.24) is 4.90 Å². The minimum Gasteiger partial charge on any atom is -0.333 e. The summed E-state index contributed by atoms with van der Waals surface area (Å²) in [6, 6.07) is 0. The first-order chi connectivity index (χ1) is 5.31. The highest BCUT2D eigenvalue weighted by atomic mass is 15.1. The van der Waals surface area contributed by atoms with Crippen LogP contribution < -0.4 is 5.73 Å². The van der Waals surface area contributed by atoms with Crippen molar-refractivity contribution < 1.29 is 4.38 Å². The van der Waals surface area contributed by atoms with E-state index in [0.717, 1.165) is 0 Å². The van der Waals surface area contributed by atoms with E-state index in [1.807, 2.05) is 5.73 Å². The fourth-order valence-electron chi connectivity index (χ4n) is 0.875. The van der Waals surface area contributed by atoms with Crippen LogP contribution in [0.2, 0.25) is 1.41 Å². The molecule has 52 valence electrons. The topological polar surface area (TPSA) is 29.3 Å². The SMILES string of the molecule is CN1CCCC1.[3H]NC.[3H][3H]. The molecule has 0 aromatic heterocycles. The summed E-state index contributed by atoms with van der Waals surface area (Å²) in [4.78, 5) is 2.36. The van der Waals surface area contributed by atoms with E-state index >= 15 is 0 Å². The van der Waals surface area contributed by atoms with Gasteiger partial charge in [-0.05, 0) is 40.0 Å². The van der Waals surface area contributed by atoms with Gasteiger partial charge >= 0.3 is 0 Å². The van der Waals surface area contributed by atoms with Crippen molar-refractivity contribution in [3.8, 4) is 0 Å². The van der Waals surface area contributed by atoms with Gasteiger partial charge < -0.3 is 10.6 Å². The van der Waals surface area contributed by atoms with E-state index in [1.54, 1.807) is 7.05 Å². The Morgan fingerprint density at radius 1 is 1.75 bits per heavy atom. The van der Waals surface area contributed by atoms with Crippen LogP contribution in [0.1, 0.15) is 15.8 Å². The molecule has 2 nitrogen and oxygen atoms in total. The predicted octanol–water partition coefficient (Wildman–Crippen LogP) is 0.533. The van der Waals surface area contributed by atoms with E-state index in [4.69, 9.17) is 4.38 Å². The van der Waals surface area contributed by atoms with Crippen LogP contribution in [0, 0.1) is 0 Å². The van der Waals surface area contributed by atoms with Crippen molar-refractivity contribution in [3.05, 3.63) is 0 Å². The molecule has 1 heterocycles. The fraction of sp³-hybridized carbons (Fsp3) is 1.00. The predicted molar refractivity (Wildman–Crippen MR) is 39.0 cm³/mol. The van der Waals surface area contributed by atoms with Gasteiger partial charge in [-0.2, -0.15) is 0 Å². The van der Waals surface area contributed by atoms with Gasteiger partial charge in [-0.25, -0.2) is 0 Å². The van der Waals surface area contributed by atoms with Crippen molar-refractivity contribution >= 4 is 0 Å². The van der Waals surface area contributed by atoms with Crippen LogP contribution in [0.4, 0.5) is 0 Å². The van der Waals surface area contributed by atoms with E-state index in [9.17, 15) is 0 Å². The second-order valence-electron chi connectivity index (χ2n) is 2.01. The molecule has 1 rings (SSSR count). The first-order valence-electron chi connectivity index (χ1n) is 4.58. The molecule has 0 aromatic carbocycles. The average Bonchev–Trinajstić information content (AvgIpc) is 2.46. The molecule has 0 amide bonds. The standard InChI is InChI=1S/C5H11N.CH5N.H2/c1-6-4-2-3-5-6;1-2;/h2-5H2,1H3;2H2,1H3;1H/i;;1+2T/hT. The Hall–Kier alpha value is -0.0800. The summed E-state index contributed by atoms with van der Waals surface area (Å²) < 4.78 is 16.0. The summed E-state index contributed by atoms with van der Waals surface area (Å²) in [5.41, 5.74) is 2.00. The monoisotopic (exact) mass is 124 g/mol. The third kappa shape index (κ3) is 2.99. The second kappa shape index (κ2) is 5.06. The van der Waals surface area contributed by atoms with Gasteiger partial charge in [0.05, 0.1) is 0 Å². The van der Waals surface area contributed by atoms with Crippen LogP contribution in [0.3, 0.4) is 0 Å². The highest BCUT2D eigenvalue weighted by Gasteiger charge is 2.03. The molecule has 0 atom stereocenters. The van der Waals surface area contributed by atoms with Gasteiger partial charge in [-0.3, -0.25) is 0 Å². The molecular weight excluding hydrogens is 100 g/mol. The lowest BCUT2D eigenvalue weighted by Gasteiger charge is -2.01. The van der Waals surface area contributed by atoms with E-state index < -0.39 is 0 Å². The summed E-state index contributed by atoms with van der Waals surface area (Å²) >= 11 is 0. The van der Waals surface area contributed by atoms with Crippen LogP contribution in [-0.2, 0) is 0 Å². The summed E-state index contributed by atoms with van der Waals surface area (Å²) in [5, 5.41) is 0. The molecule has 0 bridgehead atoms. The Labute approximate surface area is 56.2 Å². The zero-order valence-electron chi connectivity index (χ0n) is 8.78. The first-order valence-corrected chi connectivity index (χ1v) is 3.08. The zero-order valence-corrected chi connectivity index (χ0v) is 5.78. The maximum atomic E-state index is 5.96. The van der Waals surface area contributed by atoms with E-state index in [0.29, 0.717) is 0 Å². The van der Waals surface area contributed by atoms with Crippen molar-refractivity contribution in [1.29, 1.82) is 0 Å². The summed E-state index contributed by atoms with van der Waals surface area (Å²) in [6.45, 7) is 2.64. The smallest absolute Gasteiger partial charge is 0.118 e. The molecule has 0 spiro atoms. The molecular formula is C6H18N2. The van der Waals surface area contributed by atoms with E-state index in [-0.39, 0.29) is 0 Å². The van der Waals surface area contributed by atoms with Crippen LogP contribution in [0.5, 0.6) is 0 Å². The number of nitrogens with zero attached hydrogens (tertiary/aromatic N) is 1. The van der Waals surface area contributed by atoms with Gasteiger partial charge in [0.1, 0.15) is 1.41 Å². The number of likely N-dealkylation sites (tertiary alicyclic amines) is 1. The molecule has 2 heteroatoms. The van der Waals surface area contributed by atoms with Crippen molar-refractivity contribution in [2.75, 3.05) is 27.2 Å². The third-order valence-corrected chi connectivity index (χ3v) is 1.33.